The minimum absolute atomic E-state index is 0.292. The van der Waals surface area contributed by atoms with Gasteiger partial charge in [-0.1, -0.05) is 6.07 Å². The topological polar surface area (TPSA) is 32.3 Å². The van der Waals surface area contributed by atoms with Gasteiger partial charge in [0.2, 0.25) is 5.91 Å². The van der Waals surface area contributed by atoms with Crippen LogP contribution in [0.5, 0.6) is 0 Å². The van der Waals surface area contributed by atoms with Crippen LogP contribution in [0, 0.1) is 0 Å². The molecule has 0 radical (unpaired) electrons. The first kappa shape index (κ1) is 13.6. The number of amides is 1. The largest absolute Gasteiger partial charge is 0.342 e. The van der Waals surface area contributed by atoms with Gasteiger partial charge in [0, 0.05) is 30.9 Å². The Morgan fingerprint density at radius 3 is 3.17 bits per heavy atom. The molecule has 1 fully saturated rings. The summed E-state index contributed by atoms with van der Waals surface area (Å²) >= 11 is 1.78. The zero-order valence-corrected chi connectivity index (χ0v) is 11.8. The van der Waals surface area contributed by atoms with E-state index in [0.717, 1.165) is 32.4 Å². The van der Waals surface area contributed by atoms with Crippen molar-refractivity contribution in [2.24, 2.45) is 0 Å². The monoisotopic (exact) mass is 266 g/mol. The standard InChI is InChI=1S/C14H22N2OS/c1-16(12-5-3-9-15-11-12)14(17)8-2-6-13-7-4-10-18-13/h4,7,10,12,15H,2-3,5-6,8-9,11H2,1H3. The van der Waals surface area contributed by atoms with Crippen LogP contribution in [-0.4, -0.2) is 37.0 Å². The molecule has 3 nitrogen and oxygen atoms in total. The highest BCUT2D eigenvalue weighted by Crippen LogP contribution is 2.14. The van der Waals surface area contributed by atoms with Crippen molar-refractivity contribution in [1.29, 1.82) is 0 Å². The van der Waals surface area contributed by atoms with Crippen LogP contribution in [-0.2, 0) is 11.2 Å². The first-order valence-corrected chi connectivity index (χ1v) is 7.64. The third-order valence-corrected chi connectivity index (χ3v) is 4.54. The Morgan fingerprint density at radius 2 is 2.50 bits per heavy atom. The van der Waals surface area contributed by atoms with Crippen LogP contribution in [0.3, 0.4) is 0 Å². The van der Waals surface area contributed by atoms with E-state index >= 15 is 0 Å². The minimum atomic E-state index is 0.292. The average Bonchev–Trinajstić information content (AvgIpc) is 2.92. The van der Waals surface area contributed by atoms with Crippen molar-refractivity contribution in [3.8, 4) is 0 Å². The number of rotatable bonds is 5. The van der Waals surface area contributed by atoms with E-state index in [2.05, 4.69) is 22.8 Å². The van der Waals surface area contributed by atoms with Crippen LogP contribution in [0.25, 0.3) is 0 Å². The molecule has 0 aliphatic carbocycles. The van der Waals surface area contributed by atoms with Crippen LogP contribution >= 0.6 is 11.3 Å². The van der Waals surface area contributed by atoms with Gasteiger partial charge in [-0.2, -0.15) is 0 Å². The number of likely N-dealkylation sites (N-methyl/N-ethyl adjacent to an activating group) is 1. The van der Waals surface area contributed by atoms with E-state index in [1.165, 1.54) is 11.3 Å². The highest BCUT2D eigenvalue weighted by atomic mass is 32.1. The van der Waals surface area contributed by atoms with Crippen molar-refractivity contribution in [2.45, 2.75) is 38.1 Å². The van der Waals surface area contributed by atoms with E-state index in [4.69, 9.17) is 0 Å². The summed E-state index contributed by atoms with van der Waals surface area (Å²) in [7, 11) is 1.95. The van der Waals surface area contributed by atoms with Crippen molar-refractivity contribution in [2.75, 3.05) is 20.1 Å². The van der Waals surface area contributed by atoms with E-state index < -0.39 is 0 Å². The number of hydrogen-bond donors (Lipinski definition) is 1. The Labute approximate surface area is 113 Å². The van der Waals surface area contributed by atoms with Gasteiger partial charge in [-0.15, -0.1) is 11.3 Å². The summed E-state index contributed by atoms with van der Waals surface area (Å²) in [4.78, 5) is 15.4. The third kappa shape index (κ3) is 3.82. The van der Waals surface area contributed by atoms with Crippen molar-refractivity contribution in [3.63, 3.8) is 0 Å². The summed E-state index contributed by atoms with van der Waals surface area (Å²) < 4.78 is 0. The molecule has 0 bridgehead atoms. The molecule has 1 unspecified atom stereocenters. The van der Waals surface area contributed by atoms with Gasteiger partial charge in [0.25, 0.3) is 0 Å². The molecule has 0 aromatic carbocycles. The van der Waals surface area contributed by atoms with E-state index in [-0.39, 0.29) is 0 Å². The highest BCUT2D eigenvalue weighted by Gasteiger charge is 2.21. The zero-order valence-electron chi connectivity index (χ0n) is 11.0. The highest BCUT2D eigenvalue weighted by molar-refractivity contribution is 7.09. The molecule has 0 spiro atoms. The lowest BCUT2D eigenvalue weighted by Gasteiger charge is -2.31. The predicted molar refractivity (Wildman–Crippen MR) is 75.9 cm³/mol. The summed E-state index contributed by atoms with van der Waals surface area (Å²) in [5.74, 6) is 0.292. The van der Waals surface area contributed by atoms with Crippen LogP contribution in [0.15, 0.2) is 17.5 Å². The number of nitrogens with zero attached hydrogens (tertiary/aromatic N) is 1. The number of piperidine rings is 1. The van der Waals surface area contributed by atoms with Crippen LogP contribution in [0.2, 0.25) is 0 Å². The third-order valence-electron chi connectivity index (χ3n) is 3.61. The normalized spacial score (nSPS) is 19.7. The maximum atomic E-state index is 12.1. The van der Waals surface area contributed by atoms with E-state index in [1.54, 1.807) is 11.3 Å². The van der Waals surface area contributed by atoms with Crippen LogP contribution in [0.4, 0.5) is 0 Å². The molecule has 1 aliphatic rings. The number of carbonyl (C=O) groups excluding carboxylic acids is 1. The van der Waals surface area contributed by atoms with Crippen molar-refractivity contribution in [3.05, 3.63) is 22.4 Å². The second-order valence-corrected chi connectivity index (χ2v) is 5.97. The number of aryl methyl sites for hydroxylation is 1. The molecule has 1 N–H and O–H groups in total. The number of carbonyl (C=O) groups is 1. The number of thiophene rings is 1. The quantitative estimate of drug-likeness (QED) is 0.887. The Kier molecular flexibility index (Phi) is 5.20. The van der Waals surface area contributed by atoms with E-state index in [9.17, 15) is 4.79 Å². The SMILES string of the molecule is CN(C(=O)CCCc1cccs1)C1CCCNC1. The lowest BCUT2D eigenvalue weighted by molar-refractivity contribution is -0.132. The molecule has 2 heterocycles. The fraction of sp³-hybridized carbons (Fsp3) is 0.643. The average molecular weight is 266 g/mol. The molecule has 1 aromatic heterocycles. The molecule has 100 valence electrons. The second-order valence-electron chi connectivity index (χ2n) is 4.94. The predicted octanol–water partition coefficient (Wildman–Crippen LogP) is 2.28. The van der Waals surface area contributed by atoms with Gasteiger partial charge in [0.15, 0.2) is 0 Å². The fourth-order valence-electron chi connectivity index (χ4n) is 2.41. The van der Waals surface area contributed by atoms with Crippen molar-refractivity contribution < 1.29 is 4.79 Å². The van der Waals surface area contributed by atoms with Crippen molar-refractivity contribution in [1.82, 2.24) is 10.2 Å². The van der Waals surface area contributed by atoms with Gasteiger partial charge in [-0.3, -0.25) is 4.79 Å². The minimum Gasteiger partial charge on any atom is -0.342 e. The van der Waals surface area contributed by atoms with Gasteiger partial charge >= 0.3 is 0 Å². The Morgan fingerprint density at radius 1 is 1.61 bits per heavy atom. The zero-order chi connectivity index (χ0) is 12.8. The fourth-order valence-corrected chi connectivity index (χ4v) is 3.16. The molecule has 1 saturated heterocycles. The maximum absolute atomic E-state index is 12.1. The van der Waals surface area contributed by atoms with Gasteiger partial charge in [-0.05, 0) is 43.7 Å². The van der Waals surface area contributed by atoms with Crippen LogP contribution < -0.4 is 5.32 Å². The van der Waals surface area contributed by atoms with Gasteiger partial charge in [0.05, 0.1) is 0 Å². The molecule has 1 aromatic rings. The van der Waals surface area contributed by atoms with Crippen molar-refractivity contribution >= 4 is 17.2 Å². The lowest BCUT2D eigenvalue weighted by atomic mass is 10.1. The molecule has 2 rings (SSSR count). The van der Waals surface area contributed by atoms with Gasteiger partial charge in [0.1, 0.15) is 0 Å². The number of hydrogen-bond acceptors (Lipinski definition) is 3. The summed E-state index contributed by atoms with van der Waals surface area (Å²) in [6, 6.07) is 4.61. The molecule has 4 heteroatoms. The second kappa shape index (κ2) is 6.90. The molecular weight excluding hydrogens is 244 g/mol. The van der Waals surface area contributed by atoms with E-state index in [0.29, 0.717) is 18.4 Å². The Hall–Kier alpha value is -0.870. The Balaban J connectivity index is 1.70. The molecule has 1 amide bonds. The smallest absolute Gasteiger partial charge is 0.222 e. The molecule has 1 atom stereocenters. The Bertz CT molecular complexity index is 358. The molecule has 1 aliphatic heterocycles. The molecule has 18 heavy (non-hydrogen) atoms. The van der Waals surface area contributed by atoms with Gasteiger partial charge < -0.3 is 10.2 Å². The summed E-state index contributed by atoms with van der Waals surface area (Å²) in [6.07, 6.45) is 4.98. The van der Waals surface area contributed by atoms with Gasteiger partial charge in [-0.25, -0.2) is 0 Å². The van der Waals surface area contributed by atoms with Crippen LogP contribution in [0.1, 0.15) is 30.6 Å². The van der Waals surface area contributed by atoms with E-state index in [1.807, 2.05) is 11.9 Å². The number of nitrogens with one attached hydrogen (secondary N) is 1. The summed E-state index contributed by atoms with van der Waals surface area (Å²) in [6.45, 7) is 2.05. The lowest BCUT2D eigenvalue weighted by Crippen LogP contribution is -2.46. The summed E-state index contributed by atoms with van der Waals surface area (Å²) in [5, 5.41) is 5.45. The maximum Gasteiger partial charge on any atom is 0.222 e. The molecule has 0 saturated carbocycles. The summed E-state index contributed by atoms with van der Waals surface area (Å²) in [5.41, 5.74) is 0. The first-order chi connectivity index (χ1) is 8.77. The first-order valence-electron chi connectivity index (χ1n) is 6.76. The molecular formula is C14H22N2OS.